The Morgan fingerprint density at radius 3 is 2.31 bits per heavy atom. The highest BCUT2D eigenvalue weighted by molar-refractivity contribution is 6.07. The van der Waals surface area contributed by atoms with Crippen LogP contribution in [0.25, 0.3) is 0 Å². The number of carbonyl (C=O) groups excluding carboxylic acids is 3. The number of hydrogen-bond donors (Lipinski definition) is 1. The number of imide groups is 1. The fourth-order valence-corrected chi connectivity index (χ4v) is 4.90. The first-order chi connectivity index (χ1) is 15.3. The number of benzene rings is 1. The van der Waals surface area contributed by atoms with Gasteiger partial charge in [0.25, 0.3) is 5.91 Å². The van der Waals surface area contributed by atoms with Crippen LogP contribution in [0.1, 0.15) is 51.0 Å². The molecule has 9 heteroatoms. The van der Waals surface area contributed by atoms with Crippen LogP contribution in [0.4, 0.5) is 13.6 Å². The van der Waals surface area contributed by atoms with E-state index >= 15 is 0 Å². The van der Waals surface area contributed by atoms with Gasteiger partial charge in [-0.2, -0.15) is 0 Å². The number of urea groups is 1. The molecule has 1 atom stereocenters. The first-order valence-electron chi connectivity index (χ1n) is 11.4. The number of halogens is 2. The smallest absolute Gasteiger partial charge is 0.326 e. The molecule has 1 N–H and O–H groups in total. The lowest BCUT2D eigenvalue weighted by Gasteiger charge is -2.35. The minimum absolute atomic E-state index is 0.0140. The van der Waals surface area contributed by atoms with Crippen molar-refractivity contribution in [3.63, 3.8) is 0 Å². The average Bonchev–Trinajstić information content (AvgIpc) is 2.98. The number of piperidine rings is 1. The third-order valence-electron chi connectivity index (χ3n) is 6.97. The molecule has 0 spiro atoms. The van der Waals surface area contributed by atoms with E-state index in [1.807, 2.05) is 9.80 Å². The molecule has 0 radical (unpaired) electrons. The molecule has 4 amide bonds. The van der Waals surface area contributed by atoms with Crippen LogP contribution >= 0.6 is 0 Å². The summed E-state index contributed by atoms with van der Waals surface area (Å²) in [6.07, 6.45) is 5.87. The van der Waals surface area contributed by atoms with E-state index in [9.17, 15) is 23.2 Å². The third-order valence-corrected chi connectivity index (χ3v) is 6.97. The summed E-state index contributed by atoms with van der Waals surface area (Å²) in [6, 6.07) is 2.63. The van der Waals surface area contributed by atoms with Gasteiger partial charge in [-0.25, -0.2) is 18.5 Å². The second-order valence-corrected chi connectivity index (χ2v) is 9.19. The molecule has 0 aromatic heterocycles. The van der Waals surface area contributed by atoms with Gasteiger partial charge in [-0.05, 0) is 50.3 Å². The van der Waals surface area contributed by atoms with Crippen molar-refractivity contribution < 1.29 is 23.2 Å². The quantitative estimate of drug-likeness (QED) is 0.719. The lowest BCUT2D eigenvalue weighted by Crippen LogP contribution is -2.48. The molecule has 3 aliphatic rings. The average molecular weight is 449 g/mol. The van der Waals surface area contributed by atoms with Gasteiger partial charge in [0.2, 0.25) is 5.91 Å². The molecule has 3 aliphatic heterocycles. The Kier molecular flexibility index (Phi) is 6.46. The van der Waals surface area contributed by atoms with Gasteiger partial charge in [-0.3, -0.25) is 14.5 Å². The van der Waals surface area contributed by atoms with Crippen molar-refractivity contribution in [2.75, 3.05) is 32.8 Å². The second-order valence-electron chi connectivity index (χ2n) is 9.19. The zero-order valence-corrected chi connectivity index (χ0v) is 18.4. The van der Waals surface area contributed by atoms with E-state index < -0.39 is 29.1 Å². The Balaban J connectivity index is 1.35. The first-order valence-corrected chi connectivity index (χ1v) is 11.4. The summed E-state index contributed by atoms with van der Waals surface area (Å²) in [5.74, 6) is -2.37. The lowest BCUT2D eigenvalue weighted by molar-refractivity contribution is -0.138. The molecule has 174 valence electrons. The summed E-state index contributed by atoms with van der Waals surface area (Å²) < 4.78 is 27.0. The Hall–Kier alpha value is -2.55. The predicted molar refractivity (Wildman–Crippen MR) is 113 cm³/mol. The van der Waals surface area contributed by atoms with Gasteiger partial charge in [0.05, 0.1) is 6.67 Å². The molecular formula is C23H30F2N4O3. The van der Waals surface area contributed by atoms with Crippen molar-refractivity contribution in [2.24, 2.45) is 5.92 Å². The molecule has 3 fully saturated rings. The molecule has 0 unspecified atom stereocenters. The van der Waals surface area contributed by atoms with Crippen LogP contribution in [0, 0.1) is 17.6 Å². The molecule has 0 saturated carbocycles. The van der Waals surface area contributed by atoms with E-state index in [0.717, 1.165) is 43.0 Å². The molecule has 0 bridgehead atoms. The molecule has 3 saturated heterocycles. The van der Waals surface area contributed by atoms with E-state index in [0.29, 0.717) is 25.9 Å². The van der Waals surface area contributed by atoms with Crippen molar-refractivity contribution in [3.8, 4) is 0 Å². The van der Waals surface area contributed by atoms with E-state index in [4.69, 9.17) is 0 Å². The highest BCUT2D eigenvalue weighted by Crippen LogP contribution is 2.30. The zero-order valence-electron chi connectivity index (χ0n) is 18.4. The lowest BCUT2D eigenvalue weighted by atomic mass is 9.92. The normalized spacial score (nSPS) is 25.7. The fourth-order valence-electron chi connectivity index (χ4n) is 4.90. The van der Waals surface area contributed by atoms with Crippen LogP contribution in [-0.2, 0) is 15.1 Å². The van der Waals surface area contributed by atoms with Crippen LogP contribution in [0.5, 0.6) is 0 Å². The van der Waals surface area contributed by atoms with Crippen LogP contribution < -0.4 is 5.32 Å². The van der Waals surface area contributed by atoms with Crippen molar-refractivity contribution in [1.82, 2.24) is 20.0 Å². The molecule has 32 heavy (non-hydrogen) atoms. The minimum Gasteiger partial charge on any atom is -0.342 e. The second kappa shape index (κ2) is 9.13. The predicted octanol–water partition coefficient (Wildman–Crippen LogP) is 2.80. The Morgan fingerprint density at radius 1 is 1.03 bits per heavy atom. The first kappa shape index (κ1) is 22.6. The molecule has 3 heterocycles. The molecule has 1 aromatic carbocycles. The van der Waals surface area contributed by atoms with Crippen LogP contribution in [-0.4, -0.2) is 65.4 Å². The summed E-state index contributed by atoms with van der Waals surface area (Å²) in [5.41, 5.74) is -1.26. The summed E-state index contributed by atoms with van der Waals surface area (Å²) in [6.45, 7) is 4.50. The Morgan fingerprint density at radius 2 is 1.69 bits per heavy atom. The topological polar surface area (TPSA) is 73.0 Å². The maximum atomic E-state index is 13.7. The molecule has 4 rings (SSSR count). The number of hydrogen-bond acceptors (Lipinski definition) is 4. The molecule has 7 nitrogen and oxygen atoms in total. The Bertz CT molecular complexity index is 895. The molecular weight excluding hydrogens is 418 g/mol. The summed E-state index contributed by atoms with van der Waals surface area (Å²) in [7, 11) is 0. The van der Waals surface area contributed by atoms with Crippen molar-refractivity contribution in [2.45, 2.75) is 51.0 Å². The standard InChI is InChI=1S/C23H30F2N4O3/c1-23(17-6-7-18(24)19(25)14-17)21(31)29(22(32)26-23)15-27-12-8-16(9-13-27)20(30)28-10-4-2-3-5-11-28/h6-7,14,16H,2-5,8-13,15H2,1H3,(H,26,32)/t23-/m0/s1. The number of rotatable bonds is 4. The monoisotopic (exact) mass is 448 g/mol. The number of carbonyl (C=O) groups is 3. The Labute approximate surface area is 186 Å². The highest BCUT2D eigenvalue weighted by Gasteiger charge is 2.49. The highest BCUT2D eigenvalue weighted by atomic mass is 19.2. The van der Waals surface area contributed by atoms with Gasteiger partial charge >= 0.3 is 6.03 Å². The van der Waals surface area contributed by atoms with Gasteiger partial charge in [0.1, 0.15) is 5.54 Å². The maximum absolute atomic E-state index is 13.7. The number of likely N-dealkylation sites (tertiary alicyclic amines) is 2. The van der Waals surface area contributed by atoms with Gasteiger partial charge < -0.3 is 10.2 Å². The number of nitrogens with one attached hydrogen (secondary N) is 1. The number of nitrogens with zero attached hydrogens (tertiary/aromatic N) is 3. The van der Waals surface area contributed by atoms with Crippen molar-refractivity contribution >= 4 is 17.8 Å². The van der Waals surface area contributed by atoms with Crippen LogP contribution in [0.2, 0.25) is 0 Å². The van der Waals surface area contributed by atoms with Crippen molar-refractivity contribution in [3.05, 3.63) is 35.4 Å². The summed E-state index contributed by atoms with van der Waals surface area (Å²) in [5, 5.41) is 2.62. The van der Waals surface area contributed by atoms with Gasteiger partial charge in [0.15, 0.2) is 11.6 Å². The largest absolute Gasteiger partial charge is 0.342 e. The van der Waals surface area contributed by atoms with Gasteiger partial charge in [0, 0.05) is 32.1 Å². The fraction of sp³-hybridized carbons (Fsp3) is 0.609. The third kappa shape index (κ3) is 4.35. The number of amides is 4. The van der Waals surface area contributed by atoms with Gasteiger partial charge in [-0.15, -0.1) is 0 Å². The van der Waals surface area contributed by atoms with E-state index in [2.05, 4.69) is 5.32 Å². The van der Waals surface area contributed by atoms with E-state index in [-0.39, 0.29) is 24.1 Å². The zero-order chi connectivity index (χ0) is 22.9. The summed E-state index contributed by atoms with van der Waals surface area (Å²) >= 11 is 0. The summed E-state index contributed by atoms with van der Waals surface area (Å²) in [4.78, 5) is 43.6. The van der Waals surface area contributed by atoms with Crippen LogP contribution in [0.3, 0.4) is 0 Å². The SMILES string of the molecule is C[C@@]1(c2ccc(F)c(F)c2)NC(=O)N(CN2CCC(C(=O)N3CCCCCC3)CC2)C1=O. The molecule has 1 aromatic rings. The van der Waals surface area contributed by atoms with E-state index in [1.54, 1.807) is 0 Å². The maximum Gasteiger partial charge on any atom is 0.326 e. The minimum atomic E-state index is -1.45. The molecule has 0 aliphatic carbocycles. The van der Waals surface area contributed by atoms with Crippen LogP contribution in [0.15, 0.2) is 18.2 Å². The van der Waals surface area contributed by atoms with Gasteiger partial charge in [-0.1, -0.05) is 18.9 Å². The van der Waals surface area contributed by atoms with E-state index in [1.165, 1.54) is 25.8 Å². The van der Waals surface area contributed by atoms with Crippen molar-refractivity contribution in [1.29, 1.82) is 0 Å².